The van der Waals surface area contributed by atoms with Crippen LogP contribution < -0.4 is 4.90 Å². The van der Waals surface area contributed by atoms with Crippen molar-refractivity contribution in [2.45, 2.75) is 20.0 Å². The van der Waals surface area contributed by atoms with Gasteiger partial charge in [-0.1, -0.05) is 12.1 Å². The lowest BCUT2D eigenvalue weighted by Crippen LogP contribution is -2.46. The number of hydrogen-bond donors (Lipinski definition) is 0. The number of aromatic nitrogens is 4. The van der Waals surface area contributed by atoms with Crippen molar-refractivity contribution < 1.29 is 4.39 Å². The summed E-state index contributed by atoms with van der Waals surface area (Å²) in [6.07, 6.45) is 7.33. The van der Waals surface area contributed by atoms with E-state index in [0.29, 0.717) is 11.3 Å². The van der Waals surface area contributed by atoms with Crippen molar-refractivity contribution in [1.29, 1.82) is 0 Å². The second-order valence-corrected chi connectivity index (χ2v) is 6.68. The molecule has 0 saturated carbocycles. The summed E-state index contributed by atoms with van der Waals surface area (Å²) in [4.78, 5) is 13.5. The number of aryl methyl sites for hydroxylation is 1. The molecule has 1 fully saturated rings. The van der Waals surface area contributed by atoms with Crippen LogP contribution in [0.3, 0.4) is 0 Å². The molecule has 1 aliphatic rings. The Morgan fingerprint density at radius 1 is 1.04 bits per heavy atom. The van der Waals surface area contributed by atoms with Crippen molar-refractivity contribution in [2.75, 3.05) is 31.1 Å². The second kappa shape index (κ2) is 9.12. The minimum atomic E-state index is -0.272. The number of nitrogens with zero attached hydrogens (tertiary/aromatic N) is 6. The van der Waals surface area contributed by atoms with E-state index in [1.165, 1.54) is 11.6 Å². The molecule has 148 valence electrons. The molecule has 0 unspecified atom stereocenters. The summed E-state index contributed by atoms with van der Waals surface area (Å²) in [6.45, 7) is 7.39. The summed E-state index contributed by atoms with van der Waals surface area (Å²) < 4.78 is 16.2. The highest BCUT2D eigenvalue weighted by atomic mass is 35.5. The highest BCUT2D eigenvalue weighted by Crippen LogP contribution is 2.29. The normalized spacial score (nSPS) is 14.7. The maximum Gasteiger partial charge on any atom is 0.155 e. The fourth-order valence-electron chi connectivity index (χ4n) is 3.44. The van der Waals surface area contributed by atoms with Crippen molar-refractivity contribution in [2.24, 2.45) is 0 Å². The van der Waals surface area contributed by atoms with E-state index in [1.54, 1.807) is 24.5 Å². The third-order valence-corrected chi connectivity index (χ3v) is 4.90. The molecule has 3 aromatic rings. The molecule has 0 bridgehead atoms. The zero-order chi connectivity index (χ0) is 18.6. The Balaban J connectivity index is 0.00000225. The number of rotatable bonds is 5. The zero-order valence-electron chi connectivity index (χ0n) is 15.8. The Bertz CT molecular complexity index is 907. The lowest BCUT2D eigenvalue weighted by molar-refractivity contribution is 0.249. The van der Waals surface area contributed by atoms with E-state index in [0.717, 1.165) is 45.1 Å². The average molecular weight is 403 g/mol. The Hall–Kier alpha value is -2.51. The van der Waals surface area contributed by atoms with Gasteiger partial charge in [0.2, 0.25) is 0 Å². The molecule has 2 aromatic heterocycles. The van der Waals surface area contributed by atoms with Gasteiger partial charge >= 0.3 is 0 Å². The van der Waals surface area contributed by atoms with E-state index in [9.17, 15) is 4.39 Å². The zero-order valence-corrected chi connectivity index (χ0v) is 16.6. The van der Waals surface area contributed by atoms with Crippen molar-refractivity contribution >= 4 is 18.2 Å². The Morgan fingerprint density at radius 2 is 1.79 bits per heavy atom. The maximum atomic E-state index is 14.3. The molecule has 0 atom stereocenters. The molecule has 0 radical (unpaired) electrons. The second-order valence-electron chi connectivity index (χ2n) is 6.68. The lowest BCUT2D eigenvalue weighted by atomic mass is 10.1. The average Bonchev–Trinajstić information content (AvgIpc) is 3.17. The first-order chi connectivity index (χ1) is 13.2. The van der Waals surface area contributed by atoms with Crippen LogP contribution in [-0.4, -0.2) is 50.8 Å². The quantitative estimate of drug-likeness (QED) is 0.655. The highest BCUT2D eigenvalue weighted by Gasteiger charge is 2.22. The summed E-state index contributed by atoms with van der Waals surface area (Å²) in [5, 5.41) is 4.34. The molecule has 28 heavy (non-hydrogen) atoms. The molecule has 4 rings (SSSR count). The fraction of sp³-hybridized carbons (Fsp3) is 0.350. The summed E-state index contributed by atoms with van der Waals surface area (Å²) in [5.74, 6) is 0.479. The molecule has 0 amide bonds. The van der Waals surface area contributed by atoms with Gasteiger partial charge in [-0.2, -0.15) is 5.10 Å². The standard InChI is InChI=1S/C20H23FN6.ClH/c1-2-27-15-16(13-24-27)14-25-9-11-26(12-10-25)20-19(22-7-8-23-20)17-5-3-4-6-18(17)21;/h3-8,13,15H,2,9-12,14H2,1H3;1H. The predicted molar refractivity (Wildman–Crippen MR) is 110 cm³/mol. The molecule has 0 aliphatic carbocycles. The number of benzene rings is 1. The van der Waals surface area contributed by atoms with Crippen LogP contribution in [0.25, 0.3) is 11.3 Å². The van der Waals surface area contributed by atoms with Gasteiger partial charge in [0.15, 0.2) is 5.82 Å². The molecule has 1 aliphatic heterocycles. The predicted octanol–water partition coefficient (Wildman–Crippen LogP) is 3.24. The number of hydrogen-bond acceptors (Lipinski definition) is 5. The molecule has 3 heterocycles. The molecule has 0 N–H and O–H groups in total. The van der Waals surface area contributed by atoms with Gasteiger partial charge in [-0.25, -0.2) is 9.37 Å². The van der Waals surface area contributed by atoms with E-state index in [4.69, 9.17) is 0 Å². The van der Waals surface area contributed by atoms with Crippen LogP contribution in [0.15, 0.2) is 49.1 Å². The van der Waals surface area contributed by atoms with Crippen molar-refractivity contribution in [1.82, 2.24) is 24.6 Å². The van der Waals surface area contributed by atoms with Crippen LogP contribution in [-0.2, 0) is 13.1 Å². The molecule has 0 spiro atoms. The van der Waals surface area contributed by atoms with Gasteiger partial charge in [0, 0.05) is 69.0 Å². The van der Waals surface area contributed by atoms with Gasteiger partial charge in [0.25, 0.3) is 0 Å². The molecule has 1 saturated heterocycles. The first kappa shape index (κ1) is 20.2. The first-order valence-electron chi connectivity index (χ1n) is 9.29. The smallest absolute Gasteiger partial charge is 0.155 e. The van der Waals surface area contributed by atoms with Gasteiger partial charge in [0.05, 0.1) is 6.20 Å². The highest BCUT2D eigenvalue weighted by molar-refractivity contribution is 5.85. The van der Waals surface area contributed by atoms with Gasteiger partial charge in [0.1, 0.15) is 11.5 Å². The summed E-state index contributed by atoms with van der Waals surface area (Å²) in [7, 11) is 0. The first-order valence-corrected chi connectivity index (χ1v) is 9.29. The van der Waals surface area contributed by atoms with Crippen LogP contribution in [0.5, 0.6) is 0 Å². The van der Waals surface area contributed by atoms with Crippen molar-refractivity contribution in [3.05, 3.63) is 60.4 Å². The monoisotopic (exact) mass is 402 g/mol. The lowest BCUT2D eigenvalue weighted by Gasteiger charge is -2.35. The van der Waals surface area contributed by atoms with Crippen LogP contribution in [0, 0.1) is 5.82 Å². The van der Waals surface area contributed by atoms with E-state index in [-0.39, 0.29) is 18.2 Å². The Labute approximate surface area is 170 Å². The fourth-order valence-corrected chi connectivity index (χ4v) is 3.44. The summed E-state index contributed by atoms with van der Waals surface area (Å²) in [6, 6.07) is 6.73. The number of anilines is 1. The molecule has 1 aromatic carbocycles. The van der Waals surface area contributed by atoms with Gasteiger partial charge in [-0.15, -0.1) is 12.4 Å². The van der Waals surface area contributed by atoms with Crippen LogP contribution in [0.2, 0.25) is 0 Å². The Morgan fingerprint density at radius 3 is 2.50 bits per heavy atom. The number of halogens is 2. The van der Waals surface area contributed by atoms with Crippen molar-refractivity contribution in [3.8, 4) is 11.3 Å². The van der Waals surface area contributed by atoms with E-state index in [2.05, 4.69) is 38.0 Å². The molecular formula is C20H24ClFN6. The summed E-state index contributed by atoms with van der Waals surface area (Å²) >= 11 is 0. The van der Waals surface area contributed by atoms with Crippen LogP contribution in [0.4, 0.5) is 10.2 Å². The van der Waals surface area contributed by atoms with E-state index >= 15 is 0 Å². The molecular weight excluding hydrogens is 379 g/mol. The van der Waals surface area contributed by atoms with Crippen LogP contribution in [0.1, 0.15) is 12.5 Å². The van der Waals surface area contributed by atoms with E-state index < -0.39 is 0 Å². The van der Waals surface area contributed by atoms with Crippen LogP contribution >= 0.6 is 12.4 Å². The third kappa shape index (κ3) is 4.31. The van der Waals surface area contributed by atoms with Gasteiger partial charge in [-0.3, -0.25) is 14.6 Å². The molecule has 6 nitrogen and oxygen atoms in total. The van der Waals surface area contributed by atoms with Gasteiger partial charge < -0.3 is 4.90 Å². The minimum absolute atomic E-state index is 0. The SMILES string of the molecule is CCn1cc(CN2CCN(c3nccnc3-c3ccccc3F)CC2)cn1.Cl. The number of piperazine rings is 1. The topological polar surface area (TPSA) is 50.1 Å². The van der Waals surface area contributed by atoms with E-state index in [1.807, 2.05) is 16.9 Å². The Kier molecular flexibility index (Phi) is 6.59. The minimum Gasteiger partial charge on any atom is -0.352 e. The van der Waals surface area contributed by atoms with Gasteiger partial charge in [-0.05, 0) is 19.1 Å². The largest absolute Gasteiger partial charge is 0.352 e. The summed E-state index contributed by atoms with van der Waals surface area (Å²) in [5.41, 5.74) is 2.33. The molecule has 8 heteroatoms. The third-order valence-electron chi connectivity index (χ3n) is 4.90. The van der Waals surface area contributed by atoms with Crippen molar-refractivity contribution in [3.63, 3.8) is 0 Å². The maximum absolute atomic E-state index is 14.3.